The lowest BCUT2D eigenvalue weighted by Gasteiger charge is -2.19. The molecule has 88 valence electrons. The van der Waals surface area contributed by atoms with Crippen molar-refractivity contribution >= 4 is 5.71 Å². The number of oxime groups is 1. The van der Waals surface area contributed by atoms with Crippen LogP contribution in [0, 0.1) is 5.41 Å². The Bertz CT molecular complexity index is 378. The van der Waals surface area contributed by atoms with Gasteiger partial charge in [0.2, 0.25) is 0 Å². The molecule has 0 spiro atoms. The van der Waals surface area contributed by atoms with Crippen molar-refractivity contribution in [3.05, 3.63) is 29.8 Å². The SMILES string of the molecule is CON=C(CC(C)(C)C)c1ccccc1O. The molecule has 0 saturated heterocycles. The Morgan fingerprint density at radius 2 is 1.94 bits per heavy atom. The van der Waals surface area contributed by atoms with Gasteiger partial charge in [0.1, 0.15) is 12.9 Å². The molecule has 1 N–H and O–H groups in total. The van der Waals surface area contributed by atoms with E-state index in [0.29, 0.717) is 0 Å². The molecule has 0 aromatic heterocycles. The zero-order valence-electron chi connectivity index (χ0n) is 10.3. The summed E-state index contributed by atoms with van der Waals surface area (Å²) in [5.74, 6) is 0.238. The van der Waals surface area contributed by atoms with E-state index >= 15 is 0 Å². The summed E-state index contributed by atoms with van der Waals surface area (Å²) in [6.07, 6.45) is 0.748. The molecule has 1 aromatic carbocycles. The number of phenols is 1. The van der Waals surface area contributed by atoms with Crippen LogP contribution >= 0.6 is 0 Å². The van der Waals surface area contributed by atoms with Gasteiger partial charge >= 0.3 is 0 Å². The predicted octanol–water partition coefficient (Wildman–Crippen LogP) is 3.18. The van der Waals surface area contributed by atoms with Crippen LogP contribution < -0.4 is 0 Å². The second kappa shape index (κ2) is 5.01. The van der Waals surface area contributed by atoms with Crippen LogP contribution in [-0.2, 0) is 4.84 Å². The van der Waals surface area contributed by atoms with Gasteiger partial charge in [-0.1, -0.05) is 38.1 Å². The van der Waals surface area contributed by atoms with Gasteiger partial charge in [-0.05, 0) is 24.0 Å². The van der Waals surface area contributed by atoms with Crippen molar-refractivity contribution in [1.82, 2.24) is 0 Å². The number of benzene rings is 1. The first-order valence-corrected chi connectivity index (χ1v) is 5.32. The zero-order valence-corrected chi connectivity index (χ0v) is 10.3. The molecule has 0 fully saturated rings. The monoisotopic (exact) mass is 221 g/mol. The van der Waals surface area contributed by atoms with Gasteiger partial charge in [-0.3, -0.25) is 0 Å². The van der Waals surface area contributed by atoms with E-state index in [-0.39, 0.29) is 11.2 Å². The van der Waals surface area contributed by atoms with E-state index in [2.05, 4.69) is 25.9 Å². The van der Waals surface area contributed by atoms with Crippen LogP contribution in [0.25, 0.3) is 0 Å². The lowest BCUT2D eigenvalue weighted by atomic mass is 9.87. The van der Waals surface area contributed by atoms with E-state index in [1.54, 1.807) is 12.1 Å². The molecule has 1 rings (SSSR count). The van der Waals surface area contributed by atoms with Crippen LogP contribution in [0.5, 0.6) is 5.75 Å². The molecule has 0 aliphatic heterocycles. The third kappa shape index (κ3) is 3.57. The Kier molecular flexibility index (Phi) is 3.93. The minimum absolute atomic E-state index is 0.0969. The molecule has 1 aromatic rings. The van der Waals surface area contributed by atoms with E-state index in [1.165, 1.54) is 7.11 Å². The van der Waals surface area contributed by atoms with Crippen LogP contribution in [0.1, 0.15) is 32.8 Å². The molecular formula is C13H19NO2. The van der Waals surface area contributed by atoms with Crippen molar-refractivity contribution in [3.63, 3.8) is 0 Å². The Hall–Kier alpha value is -1.51. The highest BCUT2D eigenvalue weighted by Crippen LogP contribution is 2.26. The molecule has 0 atom stereocenters. The smallest absolute Gasteiger partial charge is 0.124 e. The van der Waals surface area contributed by atoms with E-state index in [4.69, 9.17) is 4.84 Å². The van der Waals surface area contributed by atoms with Crippen molar-refractivity contribution < 1.29 is 9.94 Å². The number of nitrogens with zero attached hydrogens (tertiary/aromatic N) is 1. The third-order valence-corrected chi connectivity index (χ3v) is 2.11. The van der Waals surface area contributed by atoms with E-state index < -0.39 is 0 Å². The van der Waals surface area contributed by atoms with E-state index in [1.807, 2.05) is 12.1 Å². The quantitative estimate of drug-likeness (QED) is 0.629. The predicted molar refractivity (Wildman–Crippen MR) is 65.7 cm³/mol. The van der Waals surface area contributed by atoms with Crippen LogP contribution in [0.4, 0.5) is 0 Å². The number of phenolic OH excluding ortho intramolecular Hbond substituents is 1. The lowest BCUT2D eigenvalue weighted by molar-refractivity contribution is 0.211. The first kappa shape index (κ1) is 12.6. The summed E-state index contributed by atoms with van der Waals surface area (Å²) in [6, 6.07) is 7.17. The average Bonchev–Trinajstić information content (AvgIpc) is 2.16. The summed E-state index contributed by atoms with van der Waals surface area (Å²) >= 11 is 0. The molecule has 3 heteroatoms. The maximum Gasteiger partial charge on any atom is 0.124 e. The molecule has 0 heterocycles. The summed E-state index contributed by atoms with van der Waals surface area (Å²) in [7, 11) is 1.52. The van der Waals surface area contributed by atoms with Gasteiger partial charge in [0.25, 0.3) is 0 Å². The fourth-order valence-electron chi connectivity index (χ4n) is 1.51. The Morgan fingerprint density at radius 3 is 2.44 bits per heavy atom. The summed E-state index contributed by atoms with van der Waals surface area (Å²) < 4.78 is 0. The van der Waals surface area contributed by atoms with Crippen molar-refractivity contribution in [1.29, 1.82) is 0 Å². The highest BCUT2D eigenvalue weighted by atomic mass is 16.6. The van der Waals surface area contributed by atoms with Gasteiger partial charge in [0.15, 0.2) is 0 Å². The topological polar surface area (TPSA) is 41.8 Å². The molecule has 0 radical (unpaired) electrons. The summed E-state index contributed by atoms with van der Waals surface area (Å²) in [4.78, 5) is 4.84. The minimum Gasteiger partial charge on any atom is -0.507 e. The summed E-state index contributed by atoms with van der Waals surface area (Å²) in [5, 5.41) is 13.8. The summed E-state index contributed by atoms with van der Waals surface area (Å²) in [6.45, 7) is 6.37. The summed E-state index contributed by atoms with van der Waals surface area (Å²) in [5.41, 5.74) is 1.60. The first-order valence-electron chi connectivity index (χ1n) is 5.32. The zero-order chi connectivity index (χ0) is 12.2. The van der Waals surface area contributed by atoms with Gasteiger partial charge in [0, 0.05) is 5.56 Å². The van der Waals surface area contributed by atoms with Crippen molar-refractivity contribution in [2.75, 3.05) is 7.11 Å². The number of rotatable bonds is 3. The highest BCUT2D eigenvalue weighted by molar-refractivity contribution is 6.02. The van der Waals surface area contributed by atoms with E-state index in [0.717, 1.165) is 17.7 Å². The molecule has 0 aliphatic rings. The first-order chi connectivity index (χ1) is 7.44. The van der Waals surface area contributed by atoms with Crippen LogP contribution in [0.15, 0.2) is 29.4 Å². The van der Waals surface area contributed by atoms with Crippen LogP contribution in [0.2, 0.25) is 0 Å². The molecule has 0 unspecified atom stereocenters. The normalized spacial score (nSPS) is 12.6. The Morgan fingerprint density at radius 1 is 1.31 bits per heavy atom. The molecule has 0 amide bonds. The van der Waals surface area contributed by atoms with Gasteiger partial charge < -0.3 is 9.94 Å². The lowest BCUT2D eigenvalue weighted by Crippen LogP contribution is -2.14. The average molecular weight is 221 g/mol. The fraction of sp³-hybridized carbons (Fsp3) is 0.462. The number of aromatic hydroxyl groups is 1. The second-order valence-corrected chi connectivity index (χ2v) is 4.98. The second-order valence-electron chi connectivity index (χ2n) is 4.98. The third-order valence-electron chi connectivity index (χ3n) is 2.11. The molecule has 0 bridgehead atoms. The Labute approximate surface area is 96.7 Å². The van der Waals surface area contributed by atoms with Gasteiger partial charge in [-0.2, -0.15) is 0 Å². The molecule has 0 aliphatic carbocycles. The van der Waals surface area contributed by atoms with Crippen molar-refractivity contribution in [2.24, 2.45) is 10.6 Å². The molecular weight excluding hydrogens is 202 g/mol. The number of hydrogen-bond acceptors (Lipinski definition) is 3. The largest absolute Gasteiger partial charge is 0.507 e. The maximum atomic E-state index is 9.77. The number of para-hydroxylation sites is 1. The van der Waals surface area contributed by atoms with Crippen molar-refractivity contribution in [2.45, 2.75) is 27.2 Å². The molecule has 0 saturated carbocycles. The van der Waals surface area contributed by atoms with Crippen LogP contribution in [0.3, 0.4) is 0 Å². The standard InChI is InChI=1S/C13H19NO2/c1-13(2,3)9-11(14-16-4)10-7-5-6-8-12(10)15/h5-8,15H,9H2,1-4H3. The minimum atomic E-state index is 0.0969. The highest BCUT2D eigenvalue weighted by Gasteiger charge is 2.18. The van der Waals surface area contributed by atoms with Gasteiger partial charge in [0.05, 0.1) is 5.71 Å². The Balaban J connectivity index is 3.05. The fourth-order valence-corrected chi connectivity index (χ4v) is 1.51. The van der Waals surface area contributed by atoms with Gasteiger partial charge in [-0.25, -0.2) is 0 Å². The van der Waals surface area contributed by atoms with E-state index in [9.17, 15) is 5.11 Å². The van der Waals surface area contributed by atoms with Gasteiger partial charge in [-0.15, -0.1) is 0 Å². The number of hydrogen-bond donors (Lipinski definition) is 1. The van der Waals surface area contributed by atoms with Crippen LogP contribution in [-0.4, -0.2) is 17.9 Å². The molecule has 3 nitrogen and oxygen atoms in total. The molecule has 16 heavy (non-hydrogen) atoms. The maximum absolute atomic E-state index is 9.77. The van der Waals surface area contributed by atoms with Crippen molar-refractivity contribution in [3.8, 4) is 5.75 Å².